The third kappa shape index (κ3) is 4.41. The Morgan fingerprint density at radius 1 is 1.05 bits per heavy atom. The van der Waals surface area contributed by atoms with Crippen molar-refractivity contribution in [2.24, 2.45) is 0 Å². The van der Waals surface area contributed by atoms with Crippen LogP contribution in [0.5, 0.6) is 0 Å². The van der Waals surface area contributed by atoms with Gasteiger partial charge in [0.25, 0.3) is 5.91 Å². The van der Waals surface area contributed by atoms with Crippen LogP contribution in [0.15, 0.2) is 60.7 Å². The number of hydrogen-bond acceptors (Lipinski definition) is 3. The lowest BCUT2D eigenvalue weighted by molar-refractivity contribution is -0.131. The lowest BCUT2D eigenvalue weighted by Gasteiger charge is -2.17. The van der Waals surface area contributed by atoms with E-state index in [1.54, 1.807) is 0 Å². The van der Waals surface area contributed by atoms with Gasteiger partial charge in [0.1, 0.15) is 0 Å². The molecule has 2 unspecified atom stereocenters. The molecule has 0 saturated carbocycles. The fourth-order valence-corrected chi connectivity index (χ4v) is 2.29. The quantitative estimate of drug-likeness (QED) is 0.826. The topological polar surface area (TPSA) is 58.6 Å². The van der Waals surface area contributed by atoms with E-state index in [0.29, 0.717) is 13.0 Å². The molecular weight excluding hydrogens is 278 g/mol. The van der Waals surface area contributed by atoms with Crippen LogP contribution < -0.4 is 5.32 Å². The predicted molar refractivity (Wildman–Crippen MR) is 85.2 cm³/mol. The maximum atomic E-state index is 12.2. The molecule has 4 heteroatoms. The Labute approximate surface area is 130 Å². The Kier molecular flexibility index (Phi) is 6.13. The van der Waals surface area contributed by atoms with E-state index < -0.39 is 12.2 Å². The van der Waals surface area contributed by atoms with Gasteiger partial charge in [-0.3, -0.25) is 4.79 Å². The second-order valence-corrected chi connectivity index (χ2v) is 5.03. The number of aliphatic hydroxyl groups is 1. The maximum Gasteiger partial charge on any atom is 0.253 e. The normalized spacial score (nSPS) is 13.4. The second kappa shape index (κ2) is 8.32. The maximum absolute atomic E-state index is 12.2. The molecule has 2 atom stereocenters. The molecular formula is C18H21NO3. The number of nitrogens with one attached hydrogen (secondary N) is 1. The lowest BCUT2D eigenvalue weighted by atomic mass is 10.1. The van der Waals surface area contributed by atoms with Crippen molar-refractivity contribution in [3.05, 3.63) is 71.8 Å². The summed E-state index contributed by atoms with van der Waals surface area (Å²) in [6, 6.07) is 18.7. The van der Waals surface area contributed by atoms with Gasteiger partial charge in [0.05, 0.1) is 6.10 Å². The van der Waals surface area contributed by atoms with E-state index in [2.05, 4.69) is 5.32 Å². The van der Waals surface area contributed by atoms with Gasteiger partial charge in [0.15, 0.2) is 6.10 Å². The molecule has 2 N–H and O–H groups in total. The van der Waals surface area contributed by atoms with Gasteiger partial charge in [-0.05, 0) is 17.5 Å². The van der Waals surface area contributed by atoms with Gasteiger partial charge in [-0.15, -0.1) is 0 Å². The summed E-state index contributed by atoms with van der Waals surface area (Å²) < 4.78 is 5.27. The largest absolute Gasteiger partial charge is 0.388 e. The van der Waals surface area contributed by atoms with Gasteiger partial charge in [0.2, 0.25) is 0 Å². The van der Waals surface area contributed by atoms with Crippen LogP contribution in [0, 0.1) is 0 Å². The number of benzene rings is 2. The first-order valence-corrected chi connectivity index (χ1v) is 7.31. The van der Waals surface area contributed by atoms with E-state index in [0.717, 1.165) is 11.1 Å². The van der Waals surface area contributed by atoms with E-state index in [4.69, 9.17) is 4.74 Å². The van der Waals surface area contributed by atoms with Crippen molar-refractivity contribution in [3.8, 4) is 0 Å². The minimum Gasteiger partial charge on any atom is -0.388 e. The Hall–Kier alpha value is -2.17. The predicted octanol–water partition coefficient (Wildman–Crippen LogP) is 2.61. The third-order valence-electron chi connectivity index (χ3n) is 3.48. The molecule has 0 bridgehead atoms. The molecule has 2 rings (SSSR count). The lowest BCUT2D eigenvalue weighted by Crippen LogP contribution is -2.31. The molecule has 2 aromatic rings. The van der Waals surface area contributed by atoms with Crippen molar-refractivity contribution in [2.75, 3.05) is 13.7 Å². The standard InChI is InChI=1S/C18H21NO3/c1-22-17(15-10-6-3-7-11-15)18(21)19-13-12-16(20)14-8-4-2-5-9-14/h2-11,16-17,20H,12-13H2,1H3,(H,19,21). The van der Waals surface area contributed by atoms with Gasteiger partial charge in [-0.25, -0.2) is 0 Å². The van der Waals surface area contributed by atoms with E-state index >= 15 is 0 Å². The highest BCUT2D eigenvalue weighted by atomic mass is 16.5. The molecule has 22 heavy (non-hydrogen) atoms. The Morgan fingerprint density at radius 2 is 1.59 bits per heavy atom. The zero-order valence-electron chi connectivity index (χ0n) is 12.6. The Balaban J connectivity index is 1.84. The first-order valence-electron chi connectivity index (χ1n) is 7.31. The van der Waals surface area contributed by atoms with Crippen molar-refractivity contribution in [3.63, 3.8) is 0 Å². The molecule has 0 aromatic heterocycles. The average Bonchev–Trinajstić information content (AvgIpc) is 2.57. The molecule has 116 valence electrons. The minimum atomic E-state index is -0.630. The number of aliphatic hydroxyl groups excluding tert-OH is 1. The first kappa shape index (κ1) is 16.2. The zero-order valence-corrected chi connectivity index (χ0v) is 12.6. The molecule has 0 aliphatic heterocycles. The molecule has 2 aromatic carbocycles. The molecule has 4 nitrogen and oxygen atoms in total. The van der Waals surface area contributed by atoms with Gasteiger partial charge >= 0.3 is 0 Å². The summed E-state index contributed by atoms with van der Waals surface area (Å²) in [4.78, 5) is 12.2. The number of carbonyl (C=O) groups is 1. The van der Waals surface area contributed by atoms with Crippen LogP contribution >= 0.6 is 0 Å². The van der Waals surface area contributed by atoms with Crippen LogP contribution in [0.4, 0.5) is 0 Å². The number of rotatable bonds is 7. The average molecular weight is 299 g/mol. The molecule has 0 saturated heterocycles. The smallest absolute Gasteiger partial charge is 0.253 e. The number of amides is 1. The summed E-state index contributed by atoms with van der Waals surface area (Å²) in [5, 5.41) is 12.9. The molecule has 0 aliphatic carbocycles. The molecule has 0 aliphatic rings. The van der Waals surface area contributed by atoms with Gasteiger partial charge in [0, 0.05) is 13.7 Å². The van der Waals surface area contributed by atoms with Gasteiger partial charge < -0.3 is 15.2 Å². The summed E-state index contributed by atoms with van der Waals surface area (Å²) in [7, 11) is 1.51. The summed E-state index contributed by atoms with van der Waals surface area (Å²) in [5.41, 5.74) is 1.66. The van der Waals surface area contributed by atoms with Crippen molar-refractivity contribution in [1.29, 1.82) is 0 Å². The SMILES string of the molecule is COC(C(=O)NCCC(O)c1ccccc1)c1ccccc1. The van der Waals surface area contributed by atoms with Crippen LogP contribution in [0.3, 0.4) is 0 Å². The fraction of sp³-hybridized carbons (Fsp3) is 0.278. The summed E-state index contributed by atoms with van der Waals surface area (Å²) in [5.74, 6) is -0.200. The van der Waals surface area contributed by atoms with Crippen LogP contribution in [-0.4, -0.2) is 24.7 Å². The van der Waals surface area contributed by atoms with Crippen molar-refractivity contribution in [2.45, 2.75) is 18.6 Å². The summed E-state index contributed by atoms with van der Waals surface area (Å²) >= 11 is 0. The minimum absolute atomic E-state index is 0.200. The Bertz CT molecular complexity index is 571. The fourth-order valence-electron chi connectivity index (χ4n) is 2.29. The number of methoxy groups -OCH3 is 1. The zero-order chi connectivity index (χ0) is 15.8. The molecule has 1 amide bonds. The van der Waals surface area contributed by atoms with E-state index in [1.165, 1.54) is 7.11 Å². The van der Waals surface area contributed by atoms with Crippen molar-refractivity contribution in [1.82, 2.24) is 5.32 Å². The number of hydrogen-bond donors (Lipinski definition) is 2. The molecule has 0 radical (unpaired) electrons. The molecule has 0 spiro atoms. The monoisotopic (exact) mass is 299 g/mol. The van der Waals surface area contributed by atoms with Crippen LogP contribution in [0.1, 0.15) is 29.8 Å². The molecule has 0 heterocycles. The van der Waals surface area contributed by atoms with E-state index in [-0.39, 0.29) is 5.91 Å². The number of ether oxygens (including phenoxy) is 1. The third-order valence-corrected chi connectivity index (χ3v) is 3.48. The number of carbonyl (C=O) groups excluding carboxylic acids is 1. The van der Waals surface area contributed by atoms with E-state index in [9.17, 15) is 9.90 Å². The highest BCUT2D eigenvalue weighted by Gasteiger charge is 2.19. The molecule has 0 fully saturated rings. The summed E-state index contributed by atoms with van der Waals surface area (Å²) in [6.07, 6.45) is -0.754. The summed E-state index contributed by atoms with van der Waals surface area (Å²) in [6.45, 7) is 0.390. The first-order chi connectivity index (χ1) is 10.7. The van der Waals surface area contributed by atoms with E-state index in [1.807, 2.05) is 60.7 Å². The Morgan fingerprint density at radius 3 is 2.14 bits per heavy atom. The van der Waals surface area contributed by atoms with Gasteiger partial charge in [-0.2, -0.15) is 0 Å². The highest BCUT2D eigenvalue weighted by Crippen LogP contribution is 2.17. The highest BCUT2D eigenvalue weighted by molar-refractivity contribution is 5.82. The second-order valence-electron chi connectivity index (χ2n) is 5.03. The van der Waals surface area contributed by atoms with Gasteiger partial charge in [-0.1, -0.05) is 60.7 Å². The van der Waals surface area contributed by atoms with Crippen LogP contribution in [0.25, 0.3) is 0 Å². The van der Waals surface area contributed by atoms with Crippen LogP contribution in [-0.2, 0) is 9.53 Å². The van der Waals surface area contributed by atoms with Crippen molar-refractivity contribution >= 4 is 5.91 Å². The van der Waals surface area contributed by atoms with Crippen molar-refractivity contribution < 1.29 is 14.6 Å². The van der Waals surface area contributed by atoms with Crippen LogP contribution in [0.2, 0.25) is 0 Å².